The van der Waals surface area contributed by atoms with Gasteiger partial charge in [-0.3, -0.25) is 4.79 Å². The van der Waals surface area contributed by atoms with Crippen LogP contribution >= 0.6 is 11.6 Å². The fourth-order valence-corrected chi connectivity index (χ4v) is 2.53. The summed E-state index contributed by atoms with van der Waals surface area (Å²) < 4.78 is 5.47. The fourth-order valence-electron chi connectivity index (χ4n) is 2.41. The molecule has 1 unspecified atom stereocenters. The summed E-state index contributed by atoms with van der Waals surface area (Å²) in [6, 6.07) is 6.91. The number of carbonyl (C=O) groups is 1. The first-order valence-electron chi connectivity index (χ1n) is 7.01. The van der Waals surface area contributed by atoms with Crippen LogP contribution in [0.3, 0.4) is 0 Å². The van der Waals surface area contributed by atoms with Crippen molar-refractivity contribution in [1.82, 2.24) is 4.90 Å². The van der Waals surface area contributed by atoms with E-state index >= 15 is 0 Å². The van der Waals surface area contributed by atoms with E-state index in [-0.39, 0.29) is 18.4 Å². The van der Waals surface area contributed by atoms with E-state index in [9.17, 15) is 4.79 Å². The van der Waals surface area contributed by atoms with Crippen molar-refractivity contribution in [3.05, 3.63) is 29.3 Å². The van der Waals surface area contributed by atoms with Crippen molar-refractivity contribution >= 4 is 23.2 Å². The van der Waals surface area contributed by atoms with Crippen LogP contribution < -0.4 is 4.74 Å². The zero-order chi connectivity index (χ0) is 15.2. The lowest BCUT2D eigenvalue weighted by Crippen LogP contribution is -2.45. The Morgan fingerprint density at radius 2 is 2.19 bits per heavy atom. The van der Waals surface area contributed by atoms with Gasteiger partial charge in [0.2, 0.25) is 0 Å². The normalized spacial score (nSPS) is 20.6. The lowest BCUT2D eigenvalue weighted by Gasteiger charge is -2.32. The van der Waals surface area contributed by atoms with E-state index in [1.165, 1.54) is 0 Å². The predicted octanol–water partition coefficient (Wildman–Crippen LogP) is 2.81. The highest BCUT2D eigenvalue weighted by molar-refractivity contribution is 6.30. The SMILES string of the molecule is CCC1CN(C(=O)COc2ccc(Cl)cc2)CC/C1=N\O. The van der Waals surface area contributed by atoms with Gasteiger partial charge in [0.25, 0.3) is 5.91 Å². The van der Waals surface area contributed by atoms with Crippen molar-refractivity contribution in [2.75, 3.05) is 19.7 Å². The summed E-state index contributed by atoms with van der Waals surface area (Å²) in [6.45, 7) is 3.18. The lowest BCUT2D eigenvalue weighted by atomic mass is 9.93. The maximum absolute atomic E-state index is 12.2. The van der Waals surface area contributed by atoms with Gasteiger partial charge in [-0.1, -0.05) is 23.7 Å². The first-order chi connectivity index (χ1) is 10.1. The van der Waals surface area contributed by atoms with Crippen molar-refractivity contribution in [3.8, 4) is 5.75 Å². The molecule has 1 N–H and O–H groups in total. The van der Waals surface area contributed by atoms with Crippen LogP contribution in [-0.2, 0) is 4.79 Å². The second-order valence-corrected chi connectivity index (χ2v) is 5.47. The highest BCUT2D eigenvalue weighted by atomic mass is 35.5. The van der Waals surface area contributed by atoms with Crippen molar-refractivity contribution in [2.45, 2.75) is 19.8 Å². The lowest BCUT2D eigenvalue weighted by molar-refractivity contribution is -0.134. The van der Waals surface area contributed by atoms with Crippen LogP contribution in [0.15, 0.2) is 29.4 Å². The Bertz CT molecular complexity index is 516. The van der Waals surface area contributed by atoms with Crippen molar-refractivity contribution in [2.24, 2.45) is 11.1 Å². The minimum absolute atomic E-state index is 0.00364. The Balaban J connectivity index is 1.87. The van der Waals surface area contributed by atoms with Crippen molar-refractivity contribution in [1.29, 1.82) is 0 Å². The molecule has 1 fully saturated rings. The second kappa shape index (κ2) is 7.31. The number of nitrogens with zero attached hydrogens (tertiary/aromatic N) is 2. The molecule has 0 aromatic heterocycles. The molecule has 1 heterocycles. The Hall–Kier alpha value is -1.75. The zero-order valence-electron chi connectivity index (χ0n) is 12.0. The van der Waals surface area contributed by atoms with Crippen molar-refractivity contribution in [3.63, 3.8) is 0 Å². The molecule has 0 aliphatic carbocycles. The number of benzene rings is 1. The smallest absolute Gasteiger partial charge is 0.260 e. The summed E-state index contributed by atoms with van der Waals surface area (Å²) in [7, 11) is 0. The molecule has 1 aromatic rings. The molecule has 0 saturated carbocycles. The maximum Gasteiger partial charge on any atom is 0.260 e. The molecule has 6 heteroatoms. The van der Waals surface area contributed by atoms with Gasteiger partial charge in [0.05, 0.1) is 5.71 Å². The van der Waals surface area contributed by atoms with Gasteiger partial charge in [-0.2, -0.15) is 0 Å². The van der Waals surface area contributed by atoms with Crippen LogP contribution in [0.5, 0.6) is 5.75 Å². The third kappa shape index (κ3) is 4.11. The molecule has 2 rings (SSSR count). The molecule has 0 spiro atoms. The summed E-state index contributed by atoms with van der Waals surface area (Å²) in [5.41, 5.74) is 0.778. The molecule has 1 saturated heterocycles. The summed E-state index contributed by atoms with van der Waals surface area (Å²) in [5.74, 6) is 0.693. The molecule has 1 aliphatic heterocycles. The molecule has 1 atom stereocenters. The number of piperidine rings is 1. The van der Waals surface area contributed by atoms with Crippen LogP contribution in [0.1, 0.15) is 19.8 Å². The van der Waals surface area contributed by atoms with Gasteiger partial charge in [-0.15, -0.1) is 0 Å². The second-order valence-electron chi connectivity index (χ2n) is 5.03. The van der Waals surface area contributed by atoms with Crippen molar-refractivity contribution < 1.29 is 14.7 Å². The number of ether oxygens (including phenoxy) is 1. The molecule has 1 amide bonds. The number of halogens is 1. The average Bonchev–Trinajstić information content (AvgIpc) is 2.53. The standard InChI is InChI=1S/C15H19ClN2O3/c1-2-11-9-18(8-7-14(11)17-20)15(19)10-21-13-5-3-12(16)4-6-13/h3-6,11,20H,2,7-10H2,1H3/b17-14+. The molecule has 0 bridgehead atoms. The van der Waals surface area contributed by atoms with E-state index in [0.717, 1.165) is 12.1 Å². The van der Waals surface area contributed by atoms with E-state index in [1.807, 2.05) is 6.92 Å². The van der Waals surface area contributed by atoms with Crippen LogP contribution in [0.2, 0.25) is 5.02 Å². The van der Waals surface area contributed by atoms with Gasteiger partial charge in [-0.25, -0.2) is 0 Å². The van der Waals surface area contributed by atoms with E-state index < -0.39 is 0 Å². The maximum atomic E-state index is 12.2. The van der Waals surface area contributed by atoms with Crippen LogP contribution in [0.4, 0.5) is 0 Å². The van der Waals surface area contributed by atoms with Gasteiger partial charge < -0.3 is 14.8 Å². The number of likely N-dealkylation sites (tertiary alicyclic amines) is 1. The van der Waals surface area contributed by atoms with Gasteiger partial charge in [0.1, 0.15) is 5.75 Å². The van der Waals surface area contributed by atoms with Gasteiger partial charge in [-0.05, 0) is 30.7 Å². The van der Waals surface area contributed by atoms with Crippen LogP contribution in [0.25, 0.3) is 0 Å². The monoisotopic (exact) mass is 310 g/mol. The number of hydrogen-bond acceptors (Lipinski definition) is 4. The molecule has 0 radical (unpaired) electrons. The molecule has 114 valence electrons. The molecule has 21 heavy (non-hydrogen) atoms. The molecule has 1 aliphatic rings. The number of carbonyl (C=O) groups excluding carboxylic acids is 1. The van der Waals surface area contributed by atoms with Crippen LogP contribution in [-0.4, -0.2) is 41.4 Å². The topological polar surface area (TPSA) is 62.1 Å². The first kappa shape index (κ1) is 15.6. The molecule has 1 aromatic carbocycles. The predicted molar refractivity (Wildman–Crippen MR) is 81.1 cm³/mol. The summed E-state index contributed by atoms with van der Waals surface area (Å²) in [4.78, 5) is 13.9. The Kier molecular flexibility index (Phi) is 5.44. The third-order valence-corrected chi connectivity index (χ3v) is 3.95. The largest absolute Gasteiger partial charge is 0.484 e. The highest BCUT2D eigenvalue weighted by Crippen LogP contribution is 2.19. The Morgan fingerprint density at radius 1 is 1.48 bits per heavy atom. The third-order valence-electron chi connectivity index (χ3n) is 3.70. The Labute approximate surface area is 129 Å². The van der Waals surface area contributed by atoms with Gasteiger partial charge in [0, 0.05) is 30.5 Å². The van der Waals surface area contributed by atoms with E-state index in [0.29, 0.717) is 30.3 Å². The quantitative estimate of drug-likeness (QED) is 0.687. The number of amides is 1. The van der Waals surface area contributed by atoms with Gasteiger partial charge >= 0.3 is 0 Å². The van der Waals surface area contributed by atoms with E-state index in [2.05, 4.69) is 5.16 Å². The number of rotatable bonds is 4. The summed E-state index contributed by atoms with van der Waals surface area (Å²) in [6.07, 6.45) is 1.46. The molecular weight excluding hydrogens is 292 g/mol. The first-order valence-corrected chi connectivity index (χ1v) is 7.38. The van der Waals surface area contributed by atoms with E-state index in [4.69, 9.17) is 21.5 Å². The van der Waals surface area contributed by atoms with E-state index in [1.54, 1.807) is 29.2 Å². The Morgan fingerprint density at radius 3 is 2.81 bits per heavy atom. The van der Waals surface area contributed by atoms with Gasteiger partial charge in [0.15, 0.2) is 6.61 Å². The minimum atomic E-state index is -0.0552. The highest BCUT2D eigenvalue weighted by Gasteiger charge is 2.27. The zero-order valence-corrected chi connectivity index (χ0v) is 12.7. The summed E-state index contributed by atoms with van der Waals surface area (Å²) >= 11 is 5.79. The van der Waals surface area contributed by atoms with Crippen LogP contribution in [0, 0.1) is 5.92 Å². The molecular formula is C15H19ClN2O3. The summed E-state index contributed by atoms with van der Waals surface area (Å²) in [5, 5.41) is 12.9. The number of hydrogen-bond donors (Lipinski definition) is 1. The molecule has 5 nitrogen and oxygen atoms in total. The average molecular weight is 311 g/mol. The minimum Gasteiger partial charge on any atom is -0.484 e. The fraction of sp³-hybridized carbons (Fsp3) is 0.467. The number of oxime groups is 1.